The van der Waals surface area contributed by atoms with Gasteiger partial charge in [-0.3, -0.25) is 0 Å². The molecule has 4 amide bonds. The third kappa shape index (κ3) is 30.1. The molecule has 0 bridgehead atoms. The Bertz CT molecular complexity index is 2230. The van der Waals surface area contributed by atoms with Crippen molar-refractivity contribution in [2.24, 2.45) is 22.7 Å². The summed E-state index contributed by atoms with van der Waals surface area (Å²) in [6.45, 7) is 25.6. The van der Waals surface area contributed by atoms with Crippen molar-refractivity contribution in [1.29, 1.82) is 0 Å². The zero-order valence-electron chi connectivity index (χ0n) is 46.0. The number of isocyanates is 1. The average Bonchev–Trinajstić information content (AvgIpc) is 4.36. The van der Waals surface area contributed by atoms with Crippen molar-refractivity contribution in [1.82, 2.24) is 40.7 Å². The van der Waals surface area contributed by atoms with Crippen LogP contribution in [0, 0.1) is 17.8 Å². The SMILES string of the molecule is C.CC(C)c1nc(CN(C(=O)N[C@H](C(=O)O)C(C)C)C2CC2)cs1.CC(C)c1nc(CNC2CC2)cs1.COC(=O)[C@@H](N=C=O)C(C)C.COC(=O)[C@@H](NC(=O)N(Cc1csc(C(C)C)n1)C1CC1)C(C)C.II.I[I-]I. The summed E-state index contributed by atoms with van der Waals surface area (Å²) in [5.41, 5.74) is 2.99. The molecule has 440 valence electrons. The number of urea groups is 2. The van der Waals surface area contributed by atoms with Gasteiger partial charge < -0.3 is 40.3 Å². The molecule has 4 N–H and O–H groups in total. The summed E-state index contributed by atoms with van der Waals surface area (Å²) in [5.74, 6) is -0.818. The van der Waals surface area contributed by atoms with E-state index in [2.05, 4.69) is 162 Å². The maximum absolute atomic E-state index is 12.7. The minimum atomic E-state index is -1.00. The van der Waals surface area contributed by atoms with Crippen LogP contribution in [0.3, 0.4) is 0 Å². The van der Waals surface area contributed by atoms with E-state index in [1.165, 1.54) is 43.8 Å². The van der Waals surface area contributed by atoms with E-state index >= 15 is 0 Å². The summed E-state index contributed by atoms with van der Waals surface area (Å²) in [7, 11) is 2.60. The standard InChI is InChI=1S/C17H27N3O3S.C16H25N3O3S.C10H16N2S.C7H11NO3.CH4.I3.I2/c1-10(2)14(16(21)23-5)19-17(22)20(13-6-7-13)8-12-9-24-15(18-12)11(3)4;1-9(2)13(15(20)21)18-16(22)19(12-5-6-12)7-11-8-23-14(17-11)10(3)4;1-7(2)10-12-9(6-13-10)5-11-8-3-4-8;1-5(2)6(8-4-9)7(10)11-3;;1-3-2;1-2/h9-11,13-14H,6-8H2,1-5H3,(H,19,22);8-10,12-13H,5-7H2,1-4H3,(H,18,22)(H,20,21);6-8,11H,3-5H2,1-2H3;5-6H,1-3H3;1H4;;/q;;;;;-1;/t14-;13-;;6-;;;/m00.0.../s1. The monoisotopic (exact) mass is 1700 g/mol. The number of hydrogen-bond acceptors (Lipinski definition) is 16. The second-order valence-electron chi connectivity index (χ2n) is 20.1. The molecule has 26 heteroatoms. The van der Waals surface area contributed by atoms with Gasteiger partial charge >= 0.3 is 80.5 Å². The van der Waals surface area contributed by atoms with Gasteiger partial charge in [0, 0.05) is 95.8 Å². The number of carbonyl (C=O) groups excluding carboxylic acids is 5. The quantitative estimate of drug-likeness (QED) is 0.0337. The van der Waals surface area contributed by atoms with E-state index in [0.29, 0.717) is 44.1 Å². The molecule has 0 aromatic carbocycles. The number of thiazole rings is 3. The second kappa shape index (κ2) is 40.9. The molecule has 3 heterocycles. The minimum absolute atomic E-state index is 0. The van der Waals surface area contributed by atoms with E-state index in [9.17, 15) is 33.9 Å². The number of hydrogen-bond donors (Lipinski definition) is 4. The van der Waals surface area contributed by atoms with Crippen molar-refractivity contribution in [2.75, 3.05) is 14.2 Å². The molecule has 0 radical (unpaired) electrons. The average molecular weight is 1700 g/mol. The zero-order chi connectivity index (χ0) is 57.8. The summed E-state index contributed by atoms with van der Waals surface area (Å²) in [6, 6.07) is -1.54. The number of rotatable bonds is 21. The number of nitrogens with zero attached hydrogens (tertiary/aromatic N) is 6. The number of carbonyl (C=O) groups is 5. The summed E-state index contributed by atoms with van der Waals surface area (Å²) < 4.78 is 9.21. The fourth-order valence-corrected chi connectivity index (χ4v) is 9.09. The number of halogens is 5. The molecule has 0 saturated heterocycles. The predicted octanol–water partition coefficient (Wildman–Crippen LogP) is 10.4. The Kier molecular flexibility index (Phi) is 40.3. The number of carboxylic acids is 1. The van der Waals surface area contributed by atoms with Crippen molar-refractivity contribution >= 4 is 145 Å². The number of esters is 2. The molecule has 3 aliphatic rings. The van der Waals surface area contributed by atoms with Crippen LogP contribution in [0.2, 0.25) is 0 Å². The first kappa shape index (κ1) is 75.8. The molecule has 0 unspecified atom stereocenters. The summed E-state index contributed by atoms with van der Waals surface area (Å²) >= 11 is 14.5. The first-order valence-corrected chi connectivity index (χ1v) is 46.6. The fourth-order valence-electron chi connectivity index (χ4n) is 6.60. The number of amides is 4. The van der Waals surface area contributed by atoms with Gasteiger partial charge in [0.2, 0.25) is 6.08 Å². The molecule has 77 heavy (non-hydrogen) atoms. The Hall–Kier alpha value is -1.17. The summed E-state index contributed by atoms with van der Waals surface area (Å²) in [6.07, 6.45) is 7.97. The molecule has 3 aromatic heterocycles. The topological polar surface area (TPSA) is 235 Å². The van der Waals surface area contributed by atoms with Crippen molar-refractivity contribution in [3.8, 4) is 0 Å². The van der Waals surface area contributed by atoms with Crippen LogP contribution in [0.1, 0.15) is 179 Å². The van der Waals surface area contributed by atoms with Crippen LogP contribution in [-0.2, 0) is 48.3 Å². The van der Waals surface area contributed by atoms with Crippen molar-refractivity contribution in [3.63, 3.8) is 0 Å². The van der Waals surface area contributed by atoms with E-state index in [1.807, 2.05) is 24.6 Å². The molecule has 0 spiro atoms. The van der Waals surface area contributed by atoms with Crippen LogP contribution in [0.25, 0.3) is 0 Å². The van der Waals surface area contributed by atoms with Crippen molar-refractivity contribution in [3.05, 3.63) is 48.2 Å². The van der Waals surface area contributed by atoms with E-state index in [0.717, 1.165) is 59.7 Å². The van der Waals surface area contributed by atoms with E-state index in [1.54, 1.807) is 71.5 Å². The van der Waals surface area contributed by atoms with Crippen LogP contribution in [-0.4, -0.2) is 116 Å². The Morgan fingerprint density at radius 2 is 1.03 bits per heavy atom. The Morgan fingerprint density at radius 3 is 1.31 bits per heavy atom. The van der Waals surface area contributed by atoms with Crippen LogP contribution in [0.15, 0.2) is 21.1 Å². The number of methoxy groups -OCH3 is 2. The summed E-state index contributed by atoms with van der Waals surface area (Å²) in [4.78, 5) is 89.6. The van der Waals surface area contributed by atoms with Gasteiger partial charge in [-0.05, 0) is 56.3 Å². The first-order chi connectivity index (χ1) is 35.9. The van der Waals surface area contributed by atoms with E-state index < -0.39 is 36.0 Å². The van der Waals surface area contributed by atoms with Gasteiger partial charge in [-0.1, -0.05) is 90.5 Å². The molecule has 0 aliphatic heterocycles. The van der Waals surface area contributed by atoms with Gasteiger partial charge in [0.15, 0.2) is 6.04 Å². The van der Waals surface area contributed by atoms with Crippen molar-refractivity contribution in [2.45, 2.75) is 203 Å². The van der Waals surface area contributed by atoms with Crippen LogP contribution < -0.4 is 29.2 Å². The maximum atomic E-state index is 12.7. The molecule has 3 aliphatic carbocycles. The van der Waals surface area contributed by atoms with Crippen LogP contribution in [0.4, 0.5) is 9.59 Å². The van der Waals surface area contributed by atoms with Gasteiger partial charge in [-0.25, -0.2) is 43.7 Å². The van der Waals surface area contributed by atoms with Gasteiger partial charge in [0.1, 0.15) is 12.1 Å². The molecule has 3 saturated carbocycles. The number of aromatic nitrogens is 3. The third-order valence-electron chi connectivity index (χ3n) is 11.4. The second-order valence-corrected chi connectivity index (χ2v) is 39.0. The van der Waals surface area contributed by atoms with Gasteiger partial charge in [-0.15, -0.1) is 34.0 Å². The predicted molar refractivity (Wildman–Crippen MR) is 341 cm³/mol. The number of aliphatic imine (C=N–C) groups is 1. The molecule has 3 aromatic rings. The van der Waals surface area contributed by atoms with E-state index in [4.69, 9.17) is 4.74 Å². The number of nitrogens with one attached hydrogen (secondary N) is 3. The van der Waals surface area contributed by atoms with Gasteiger partial charge in [-0.2, -0.15) is 4.99 Å². The molecule has 3 atom stereocenters. The zero-order valence-corrected chi connectivity index (χ0v) is 59.3. The van der Waals surface area contributed by atoms with Gasteiger partial charge in [0.05, 0.1) is 59.4 Å². The number of ether oxygens (including phenoxy) is 2. The molecule has 6 rings (SSSR count). The molecule has 3 fully saturated rings. The normalized spacial score (nSPS) is 14.4. The Morgan fingerprint density at radius 1 is 0.662 bits per heavy atom. The Labute approximate surface area is 523 Å². The van der Waals surface area contributed by atoms with Gasteiger partial charge in [0.25, 0.3) is 0 Å². The fraction of sp³-hybridized carbons (Fsp3) is 0.706. The number of aliphatic carboxylic acids is 1. The van der Waals surface area contributed by atoms with E-state index in [-0.39, 0.29) is 49.3 Å². The summed E-state index contributed by atoms with van der Waals surface area (Å²) in [5, 5.41) is 27.7. The Balaban J connectivity index is 0.00000101. The van der Waals surface area contributed by atoms with Crippen molar-refractivity contribution < 1.29 is 56.6 Å². The first-order valence-electron chi connectivity index (χ1n) is 25.1. The molecular weight excluding hydrogens is 1610 g/mol. The molecule has 18 nitrogen and oxygen atoms in total. The number of carboxylic acid groups (broad SMARTS) is 1. The van der Waals surface area contributed by atoms with Crippen LogP contribution in [0.5, 0.6) is 0 Å². The van der Waals surface area contributed by atoms with Crippen LogP contribution >= 0.6 is 108 Å². The third-order valence-corrected chi connectivity index (χ3v) is 15.0. The molecular formula is C51H83I5N9O9S3-.